The quantitative estimate of drug-likeness (QED) is 0.696. The van der Waals surface area contributed by atoms with Crippen LogP contribution in [0.3, 0.4) is 0 Å². The predicted octanol–water partition coefficient (Wildman–Crippen LogP) is 3.61. The normalized spacial score (nSPS) is 27.9. The molecule has 1 rings (SSSR count). The highest BCUT2D eigenvalue weighted by atomic mass is 32.2. The first kappa shape index (κ1) is 13.1. The molecule has 88 valence electrons. The van der Waals surface area contributed by atoms with Gasteiger partial charge in [-0.25, -0.2) is 0 Å². The minimum absolute atomic E-state index is 0.464. The summed E-state index contributed by atoms with van der Waals surface area (Å²) in [7, 11) is 0. The zero-order valence-corrected chi connectivity index (χ0v) is 11.3. The first-order valence-electron chi connectivity index (χ1n) is 6.10. The molecular weight excluding hydrogens is 202 g/mol. The van der Waals surface area contributed by atoms with E-state index >= 15 is 0 Å². The van der Waals surface area contributed by atoms with Gasteiger partial charge in [0.25, 0.3) is 0 Å². The molecule has 0 bridgehead atoms. The van der Waals surface area contributed by atoms with E-state index in [2.05, 4.69) is 44.4 Å². The van der Waals surface area contributed by atoms with Gasteiger partial charge in [0.1, 0.15) is 0 Å². The van der Waals surface area contributed by atoms with Crippen molar-refractivity contribution in [2.24, 2.45) is 0 Å². The number of hydrogen-bond acceptors (Lipinski definition) is 2. The maximum Gasteiger partial charge on any atom is 0.0285 e. The molecule has 2 unspecified atom stereocenters. The number of nitrogens with one attached hydrogen (secondary N) is 1. The summed E-state index contributed by atoms with van der Waals surface area (Å²) in [5.74, 6) is 1.34. The van der Waals surface area contributed by atoms with Gasteiger partial charge in [0, 0.05) is 10.8 Å². The van der Waals surface area contributed by atoms with Crippen molar-refractivity contribution >= 4 is 11.8 Å². The van der Waals surface area contributed by atoms with Crippen LogP contribution in [0.1, 0.15) is 46.5 Å². The summed E-state index contributed by atoms with van der Waals surface area (Å²) in [5, 5.41) is 3.66. The Morgan fingerprint density at radius 2 is 2.33 bits per heavy atom. The van der Waals surface area contributed by atoms with E-state index in [4.69, 9.17) is 0 Å². The van der Waals surface area contributed by atoms with E-state index in [1.165, 1.54) is 30.6 Å². The van der Waals surface area contributed by atoms with Gasteiger partial charge in [-0.1, -0.05) is 12.5 Å². The van der Waals surface area contributed by atoms with Crippen molar-refractivity contribution in [3.63, 3.8) is 0 Å². The van der Waals surface area contributed by atoms with E-state index in [1.807, 2.05) is 0 Å². The van der Waals surface area contributed by atoms with Crippen molar-refractivity contribution in [2.45, 2.75) is 57.2 Å². The Balaban J connectivity index is 2.51. The molecule has 0 radical (unpaired) electrons. The van der Waals surface area contributed by atoms with E-state index in [-0.39, 0.29) is 0 Å². The zero-order chi connectivity index (χ0) is 11.3. The van der Waals surface area contributed by atoms with Crippen LogP contribution in [0.5, 0.6) is 0 Å². The molecule has 1 fully saturated rings. The van der Waals surface area contributed by atoms with Crippen LogP contribution in [-0.4, -0.2) is 23.1 Å². The van der Waals surface area contributed by atoms with Crippen molar-refractivity contribution in [1.82, 2.24) is 5.32 Å². The Bertz CT molecular complexity index is 207. The van der Waals surface area contributed by atoms with Gasteiger partial charge in [-0.3, -0.25) is 0 Å². The summed E-state index contributed by atoms with van der Waals surface area (Å²) < 4.78 is 0.464. The summed E-state index contributed by atoms with van der Waals surface area (Å²) >= 11 is 2.15. The second-order valence-corrected chi connectivity index (χ2v) is 6.50. The minimum atomic E-state index is 0.464. The largest absolute Gasteiger partial charge is 0.313 e. The molecule has 1 nitrogen and oxygen atoms in total. The molecule has 1 aliphatic heterocycles. The summed E-state index contributed by atoms with van der Waals surface area (Å²) in [6.07, 6.45) is 5.15. The van der Waals surface area contributed by atoms with E-state index in [1.54, 1.807) is 0 Å². The van der Waals surface area contributed by atoms with E-state index in [0.29, 0.717) is 10.8 Å². The van der Waals surface area contributed by atoms with Crippen molar-refractivity contribution in [3.8, 4) is 0 Å². The second-order valence-electron chi connectivity index (χ2n) is 4.87. The molecule has 15 heavy (non-hydrogen) atoms. The molecule has 0 aromatic carbocycles. The highest BCUT2D eigenvalue weighted by Gasteiger charge is 2.36. The lowest BCUT2D eigenvalue weighted by Gasteiger charge is -2.34. The summed E-state index contributed by atoms with van der Waals surface area (Å²) in [5.41, 5.74) is 1.31. The average molecular weight is 227 g/mol. The van der Waals surface area contributed by atoms with Gasteiger partial charge in [0.2, 0.25) is 0 Å². The van der Waals surface area contributed by atoms with Gasteiger partial charge in [-0.05, 0) is 51.8 Å². The Hall–Kier alpha value is 0.0500. The van der Waals surface area contributed by atoms with Gasteiger partial charge < -0.3 is 5.32 Å². The lowest BCUT2D eigenvalue weighted by molar-refractivity contribution is 0.387. The maximum atomic E-state index is 4.00. The number of thioether (sulfide) groups is 1. The van der Waals surface area contributed by atoms with Crippen molar-refractivity contribution in [1.29, 1.82) is 0 Å². The number of rotatable bonds is 6. The first-order chi connectivity index (χ1) is 7.08. The van der Waals surface area contributed by atoms with Crippen LogP contribution in [0.25, 0.3) is 0 Å². The summed E-state index contributed by atoms with van der Waals surface area (Å²) in [6.45, 7) is 11.8. The molecule has 0 amide bonds. The van der Waals surface area contributed by atoms with Crippen LogP contribution in [0, 0.1) is 0 Å². The Morgan fingerprint density at radius 3 is 2.80 bits per heavy atom. The Kier molecular flexibility index (Phi) is 5.20. The highest BCUT2D eigenvalue weighted by Crippen LogP contribution is 2.41. The van der Waals surface area contributed by atoms with Crippen LogP contribution in [-0.2, 0) is 0 Å². The first-order valence-corrected chi connectivity index (χ1v) is 7.09. The second kappa shape index (κ2) is 5.95. The van der Waals surface area contributed by atoms with Crippen LogP contribution in [0.15, 0.2) is 12.2 Å². The molecule has 0 aromatic heterocycles. The number of hydrogen-bond donors (Lipinski definition) is 1. The molecule has 1 heterocycles. The smallest absolute Gasteiger partial charge is 0.0285 e. The highest BCUT2D eigenvalue weighted by molar-refractivity contribution is 8.00. The van der Waals surface area contributed by atoms with Crippen LogP contribution in [0.4, 0.5) is 0 Å². The maximum absolute atomic E-state index is 4.00. The van der Waals surface area contributed by atoms with Gasteiger partial charge >= 0.3 is 0 Å². The molecule has 0 saturated carbocycles. The molecule has 2 atom stereocenters. The topological polar surface area (TPSA) is 12.0 Å². The summed E-state index contributed by atoms with van der Waals surface area (Å²) in [6, 6.07) is 0.659. The van der Waals surface area contributed by atoms with E-state index < -0.39 is 0 Å². The third-order valence-corrected chi connectivity index (χ3v) is 4.94. The molecule has 0 spiro atoms. The minimum Gasteiger partial charge on any atom is -0.313 e. The fraction of sp³-hybridized carbons (Fsp3) is 0.846. The summed E-state index contributed by atoms with van der Waals surface area (Å²) in [4.78, 5) is 0. The monoisotopic (exact) mass is 227 g/mol. The Morgan fingerprint density at radius 1 is 1.60 bits per heavy atom. The van der Waals surface area contributed by atoms with Gasteiger partial charge in [-0.2, -0.15) is 11.8 Å². The standard InChI is InChI=1S/C13H25NS/c1-5-14-12(8-7-11(2)3)13(4)9-6-10-15-13/h12,14H,2,5-10H2,1,3-4H3. The van der Waals surface area contributed by atoms with Crippen LogP contribution < -0.4 is 5.32 Å². The zero-order valence-electron chi connectivity index (χ0n) is 10.4. The SMILES string of the molecule is C=C(C)CCC(NCC)C1(C)CCCS1. The molecule has 0 aliphatic carbocycles. The lowest BCUT2D eigenvalue weighted by Crippen LogP contribution is -2.45. The number of allylic oxidation sites excluding steroid dienone is 1. The molecule has 1 N–H and O–H groups in total. The van der Waals surface area contributed by atoms with E-state index in [9.17, 15) is 0 Å². The van der Waals surface area contributed by atoms with Crippen molar-refractivity contribution in [3.05, 3.63) is 12.2 Å². The van der Waals surface area contributed by atoms with Crippen LogP contribution >= 0.6 is 11.8 Å². The van der Waals surface area contributed by atoms with Gasteiger partial charge in [0.05, 0.1) is 0 Å². The van der Waals surface area contributed by atoms with E-state index in [0.717, 1.165) is 13.0 Å². The van der Waals surface area contributed by atoms with Gasteiger partial charge in [0.15, 0.2) is 0 Å². The third-order valence-electron chi connectivity index (χ3n) is 3.30. The molecule has 0 aromatic rings. The fourth-order valence-corrected chi connectivity index (χ4v) is 3.78. The molecule has 1 aliphatic rings. The third kappa shape index (κ3) is 3.84. The average Bonchev–Trinajstić information content (AvgIpc) is 2.60. The Labute approximate surface area is 99.1 Å². The molecular formula is C13H25NS. The lowest BCUT2D eigenvalue weighted by atomic mass is 9.91. The van der Waals surface area contributed by atoms with Crippen molar-refractivity contribution < 1.29 is 0 Å². The predicted molar refractivity (Wildman–Crippen MR) is 71.6 cm³/mol. The molecule has 1 saturated heterocycles. The van der Waals surface area contributed by atoms with Crippen LogP contribution in [0.2, 0.25) is 0 Å². The van der Waals surface area contributed by atoms with Crippen molar-refractivity contribution in [2.75, 3.05) is 12.3 Å². The van der Waals surface area contributed by atoms with Gasteiger partial charge in [-0.15, -0.1) is 6.58 Å². The molecule has 2 heteroatoms. The fourth-order valence-electron chi connectivity index (χ4n) is 2.34.